The van der Waals surface area contributed by atoms with E-state index in [1.165, 1.54) is 0 Å². The van der Waals surface area contributed by atoms with E-state index in [4.69, 9.17) is 9.47 Å². The van der Waals surface area contributed by atoms with Crippen molar-refractivity contribution in [2.24, 2.45) is 5.41 Å². The van der Waals surface area contributed by atoms with Gasteiger partial charge in [0.05, 0.1) is 12.0 Å². The smallest absolute Gasteiger partial charge is 0.310 e. The van der Waals surface area contributed by atoms with Gasteiger partial charge in [-0.05, 0) is 43.9 Å². The molecule has 1 fully saturated rings. The third-order valence-corrected chi connectivity index (χ3v) is 3.68. The van der Waals surface area contributed by atoms with E-state index < -0.39 is 11.4 Å². The minimum Gasteiger partial charge on any atom is -0.494 e. The van der Waals surface area contributed by atoms with Crippen LogP contribution >= 0.6 is 0 Å². The summed E-state index contributed by atoms with van der Waals surface area (Å²) in [7, 11) is 0. The van der Waals surface area contributed by atoms with Crippen LogP contribution in [0.4, 0.5) is 0 Å². The Morgan fingerprint density at radius 3 is 2.47 bits per heavy atom. The van der Waals surface area contributed by atoms with Gasteiger partial charge >= 0.3 is 5.97 Å². The minimum absolute atomic E-state index is 0.531. The van der Waals surface area contributed by atoms with E-state index in [0.29, 0.717) is 39.1 Å². The number of hydrogen-bond acceptors (Lipinski definition) is 3. The largest absolute Gasteiger partial charge is 0.494 e. The topological polar surface area (TPSA) is 55.8 Å². The Morgan fingerprint density at radius 2 is 1.95 bits per heavy atom. The van der Waals surface area contributed by atoms with Crippen molar-refractivity contribution >= 4 is 5.97 Å². The molecule has 1 aliphatic heterocycles. The van der Waals surface area contributed by atoms with E-state index in [9.17, 15) is 9.90 Å². The van der Waals surface area contributed by atoms with Gasteiger partial charge in [-0.2, -0.15) is 0 Å². The minimum atomic E-state index is -0.718. The first kappa shape index (κ1) is 13.9. The number of ether oxygens (including phenoxy) is 2. The summed E-state index contributed by atoms with van der Waals surface area (Å²) in [6.45, 7) is 3.64. The van der Waals surface area contributed by atoms with E-state index in [2.05, 4.69) is 0 Å². The number of aliphatic carboxylic acids is 1. The Hall–Kier alpha value is -1.55. The number of benzene rings is 1. The second-order valence-corrected chi connectivity index (χ2v) is 4.95. The molecule has 4 heteroatoms. The Bertz CT molecular complexity index is 418. The number of carboxylic acids is 1. The first-order valence-corrected chi connectivity index (χ1v) is 6.69. The molecule has 1 heterocycles. The van der Waals surface area contributed by atoms with Crippen molar-refractivity contribution in [3.8, 4) is 5.75 Å². The zero-order valence-corrected chi connectivity index (χ0v) is 11.2. The highest BCUT2D eigenvalue weighted by atomic mass is 16.5. The molecule has 1 N–H and O–H groups in total. The van der Waals surface area contributed by atoms with Crippen LogP contribution in [-0.2, 0) is 16.0 Å². The summed E-state index contributed by atoms with van der Waals surface area (Å²) < 4.78 is 10.7. The van der Waals surface area contributed by atoms with E-state index in [0.717, 1.165) is 11.3 Å². The molecule has 0 saturated carbocycles. The SMILES string of the molecule is CCOc1ccc(CC2(C(=O)O)CCOCC2)cc1. The summed E-state index contributed by atoms with van der Waals surface area (Å²) >= 11 is 0. The molecule has 0 spiro atoms. The summed E-state index contributed by atoms with van der Waals surface area (Å²) in [6, 6.07) is 7.69. The van der Waals surface area contributed by atoms with Crippen molar-refractivity contribution < 1.29 is 19.4 Å². The number of carbonyl (C=O) groups is 1. The maximum Gasteiger partial charge on any atom is 0.310 e. The van der Waals surface area contributed by atoms with Gasteiger partial charge in [-0.15, -0.1) is 0 Å². The summed E-state index contributed by atoms with van der Waals surface area (Å²) in [4.78, 5) is 11.6. The van der Waals surface area contributed by atoms with Crippen molar-refractivity contribution in [3.63, 3.8) is 0 Å². The van der Waals surface area contributed by atoms with Crippen molar-refractivity contribution in [2.45, 2.75) is 26.2 Å². The summed E-state index contributed by atoms with van der Waals surface area (Å²) in [6.07, 6.45) is 1.71. The van der Waals surface area contributed by atoms with Gasteiger partial charge in [-0.1, -0.05) is 12.1 Å². The molecule has 1 aromatic rings. The number of hydrogen-bond donors (Lipinski definition) is 1. The van der Waals surface area contributed by atoms with Crippen LogP contribution in [0.5, 0.6) is 5.75 Å². The first-order chi connectivity index (χ1) is 9.16. The standard InChI is InChI=1S/C15H20O4/c1-2-19-13-5-3-12(4-6-13)11-15(14(16)17)7-9-18-10-8-15/h3-6H,2,7-11H2,1H3,(H,16,17). The predicted octanol–water partition coefficient (Wildman–Crippen LogP) is 2.51. The lowest BCUT2D eigenvalue weighted by atomic mass is 9.75. The van der Waals surface area contributed by atoms with Crippen LogP contribution in [-0.4, -0.2) is 30.9 Å². The highest BCUT2D eigenvalue weighted by Crippen LogP contribution is 2.35. The zero-order valence-electron chi connectivity index (χ0n) is 11.2. The molecule has 0 aliphatic carbocycles. The average molecular weight is 264 g/mol. The molecule has 0 amide bonds. The Morgan fingerprint density at radius 1 is 1.32 bits per heavy atom. The van der Waals surface area contributed by atoms with Gasteiger partial charge in [0, 0.05) is 13.2 Å². The Labute approximate surface area is 113 Å². The Kier molecular flexibility index (Phi) is 4.43. The molecule has 2 rings (SSSR count). The van der Waals surface area contributed by atoms with Crippen LogP contribution in [0.15, 0.2) is 24.3 Å². The third-order valence-electron chi connectivity index (χ3n) is 3.68. The second-order valence-electron chi connectivity index (χ2n) is 4.95. The third kappa shape index (κ3) is 3.26. The van der Waals surface area contributed by atoms with Crippen molar-refractivity contribution in [3.05, 3.63) is 29.8 Å². The first-order valence-electron chi connectivity index (χ1n) is 6.69. The monoisotopic (exact) mass is 264 g/mol. The average Bonchev–Trinajstić information content (AvgIpc) is 2.42. The van der Waals surface area contributed by atoms with Gasteiger partial charge in [0.2, 0.25) is 0 Å². The van der Waals surface area contributed by atoms with Gasteiger partial charge in [0.1, 0.15) is 5.75 Å². The molecule has 19 heavy (non-hydrogen) atoms. The van der Waals surface area contributed by atoms with Crippen molar-refractivity contribution in [1.29, 1.82) is 0 Å². The maximum atomic E-state index is 11.6. The molecule has 0 unspecified atom stereocenters. The van der Waals surface area contributed by atoms with Crippen LogP contribution in [0, 0.1) is 5.41 Å². The van der Waals surface area contributed by atoms with E-state index in [-0.39, 0.29) is 0 Å². The van der Waals surface area contributed by atoms with Gasteiger partial charge in [0.15, 0.2) is 0 Å². The zero-order chi connectivity index (χ0) is 13.7. The molecule has 0 atom stereocenters. The predicted molar refractivity (Wildman–Crippen MR) is 71.4 cm³/mol. The van der Waals surface area contributed by atoms with Crippen LogP contribution in [0.1, 0.15) is 25.3 Å². The molecule has 4 nitrogen and oxygen atoms in total. The van der Waals surface area contributed by atoms with E-state index >= 15 is 0 Å². The highest BCUT2D eigenvalue weighted by Gasteiger charge is 2.40. The molecule has 0 radical (unpaired) electrons. The molecule has 0 bridgehead atoms. The van der Waals surface area contributed by atoms with Crippen LogP contribution in [0.25, 0.3) is 0 Å². The fourth-order valence-electron chi connectivity index (χ4n) is 2.49. The van der Waals surface area contributed by atoms with Gasteiger partial charge in [0.25, 0.3) is 0 Å². The van der Waals surface area contributed by atoms with Crippen molar-refractivity contribution in [1.82, 2.24) is 0 Å². The van der Waals surface area contributed by atoms with Crippen molar-refractivity contribution in [2.75, 3.05) is 19.8 Å². The van der Waals surface area contributed by atoms with E-state index in [1.54, 1.807) is 0 Å². The second kappa shape index (κ2) is 6.06. The molecular weight excluding hydrogens is 244 g/mol. The number of carboxylic acid groups (broad SMARTS) is 1. The normalized spacial score (nSPS) is 17.9. The van der Waals surface area contributed by atoms with Gasteiger partial charge in [-0.25, -0.2) is 0 Å². The van der Waals surface area contributed by atoms with Gasteiger partial charge in [-0.3, -0.25) is 4.79 Å². The summed E-state index contributed by atoms with van der Waals surface area (Å²) in [5, 5.41) is 9.51. The van der Waals surface area contributed by atoms with Crippen LogP contribution in [0.3, 0.4) is 0 Å². The van der Waals surface area contributed by atoms with Crippen LogP contribution in [0.2, 0.25) is 0 Å². The molecule has 1 aliphatic rings. The lowest BCUT2D eigenvalue weighted by Crippen LogP contribution is -2.39. The molecule has 104 valence electrons. The highest BCUT2D eigenvalue weighted by molar-refractivity contribution is 5.75. The molecular formula is C15H20O4. The van der Waals surface area contributed by atoms with Gasteiger partial charge < -0.3 is 14.6 Å². The lowest BCUT2D eigenvalue weighted by molar-refractivity contribution is -0.154. The summed E-state index contributed by atoms with van der Waals surface area (Å²) in [5.41, 5.74) is 0.360. The number of rotatable bonds is 5. The molecule has 0 aromatic heterocycles. The lowest BCUT2D eigenvalue weighted by Gasteiger charge is -2.33. The molecule has 1 saturated heterocycles. The Balaban J connectivity index is 2.10. The van der Waals surface area contributed by atoms with E-state index in [1.807, 2.05) is 31.2 Å². The molecule has 1 aromatic carbocycles. The maximum absolute atomic E-state index is 11.6. The fraction of sp³-hybridized carbons (Fsp3) is 0.533. The quantitative estimate of drug-likeness (QED) is 0.887. The van der Waals surface area contributed by atoms with Crippen LogP contribution < -0.4 is 4.74 Å². The fourth-order valence-corrected chi connectivity index (χ4v) is 2.49. The summed E-state index contributed by atoms with van der Waals surface area (Å²) in [5.74, 6) is 0.104.